The van der Waals surface area contributed by atoms with Crippen LogP contribution in [0.25, 0.3) is 0 Å². The fourth-order valence-electron chi connectivity index (χ4n) is 2.38. The van der Waals surface area contributed by atoms with Gasteiger partial charge in [0.15, 0.2) is 0 Å². The number of anilines is 2. The predicted molar refractivity (Wildman–Crippen MR) is 108 cm³/mol. The van der Waals surface area contributed by atoms with Crippen LogP contribution in [0.3, 0.4) is 0 Å². The van der Waals surface area contributed by atoms with Gasteiger partial charge in [0.25, 0.3) is 10.0 Å². The Morgan fingerprint density at radius 3 is 2.25 bits per heavy atom. The molecule has 0 bridgehead atoms. The molecule has 9 heteroatoms. The standard InChI is InChI=1S/C19H17ClN4O3S/c20-15-5-2-14(3-6-15)4-11-18(25)23-16-7-9-17(10-8-16)28(26,27)24-19-21-12-1-13-22-19/h1-3,5-10,12-13H,4,11H2,(H,23,25)(H,21,22,24). The van der Waals surface area contributed by atoms with Crippen molar-refractivity contribution in [2.45, 2.75) is 17.7 Å². The van der Waals surface area contributed by atoms with Crippen molar-refractivity contribution in [2.24, 2.45) is 0 Å². The molecule has 0 aliphatic carbocycles. The van der Waals surface area contributed by atoms with Crippen LogP contribution in [0.1, 0.15) is 12.0 Å². The fraction of sp³-hybridized carbons (Fsp3) is 0.105. The summed E-state index contributed by atoms with van der Waals surface area (Å²) in [5, 5.41) is 3.40. The van der Waals surface area contributed by atoms with Crippen molar-refractivity contribution >= 4 is 39.2 Å². The van der Waals surface area contributed by atoms with E-state index in [2.05, 4.69) is 20.0 Å². The first-order valence-corrected chi connectivity index (χ1v) is 10.2. The largest absolute Gasteiger partial charge is 0.326 e. The van der Waals surface area contributed by atoms with E-state index in [1.54, 1.807) is 18.2 Å². The van der Waals surface area contributed by atoms with Gasteiger partial charge in [-0.1, -0.05) is 23.7 Å². The van der Waals surface area contributed by atoms with Gasteiger partial charge in [-0.25, -0.2) is 23.1 Å². The van der Waals surface area contributed by atoms with Gasteiger partial charge in [-0.15, -0.1) is 0 Å². The van der Waals surface area contributed by atoms with Gasteiger partial charge in [0.2, 0.25) is 11.9 Å². The van der Waals surface area contributed by atoms with E-state index >= 15 is 0 Å². The van der Waals surface area contributed by atoms with Gasteiger partial charge < -0.3 is 5.32 Å². The second-order valence-electron chi connectivity index (χ2n) is 5.88. The normalized spacial score (nSPS) is 11.0. The highest BCUT2D eigenvalue weighted by Gasteiger charge is 2.15. The zero-order valence-electron chi connectivity index (χ0n) is 14.7. The first-order chi connectivity index (χ1) is 13.4. The van der Waals surface area contributed by atoms with E-state index in [-0.39, 0.29) is 16.8 Å². The molecule has 3 rings (SSSR count). The molecule has 0 aliphatic rings. The van der Waals surface area contributed by atoms with Gasteiger partial charge in [0.05, 0.1) is 4.90 Å². The highest BCUT2D eigenvalue weighted by molar-refractivity contribution is 7.92. The summed E-state index contributed by atoms with van der Waals surface area (Å²) in [5.74, 6) is -0.177. The van der Waals surface area contributed by atoms with Crippen LogP contribution in [-0.4, -0.2) is 24.3 Å². The second-order valence-corrected chi connectivity index (χ2v) is 8.00. The molecule has 1 aromatic heterocycles. The molecular weight excluding hydrogens is 400 g/mol. The lowest BCUT2D eigenvalue weighted by Gasteiger charge is -2.08. The number of nitrogens with zero attached hydrogens (tertiary/aromatic N) is 2. The Labute approximate surface area is 167 Å². The molecule has 144 valence electrons. The molecule has 0 fully saturated rings. The summed E-state index contributed by atoms with van der Waals surface area (Å²) in [7, 11) is -3.81. The molecule has 0 atom stereocenters. The smallest absolute Gasteiger partial charge is 0.264 e. The molecule has 28 heavy (non-hydrogen) atoms. The van der Waals surface area contributed by atoms with Gasteiger partial charge in [-0.3, -0.25) is 4.79 Å². The van der Waals surface area contributed by atoms with Crippen molar-refractivity contribution in [2.75, 3.05) is 10.0 Å². The molecule has 2 N–H and O–H groups in total. The Kier molecular flexibility index (Phi) is 6.23. The molecule has 0 saturated carbocycles. The minimum atomic E-state index is -3.81. The summed E-state index contributed by atoms with van der Waals surface area (Å²) in [6.07, 6.45) is 3.76. The minimum absolute atomic E-state index is 0.0120. The van der Waals surface area contributed by atoms with Crippen molar-refractivity contribution in [3.63, 3.8) is 0 Å². The number of aryl methyl sites for hydroxylation is 1. The number of aromatic nitrogens is 2. The molecule has 0 spiro atoms. The summed E-state index contributed by atoms with van der Waals surface area (Å²) in [5.41, 5.74) is 1.52. The Morgan fingerprint density at radius 1 is 0.964 bits per heavy atom. The number of hydrogen-bond donors (Lipinski definition) is 2. The molecule has 0 unspecified atom stereocenters. The highest BCUT2D eigenvalue weighted by atomic mass is 35.5. The third kappa shape index (κ3) is 5.51. The van der Waals surface area contributed by atoms with E-state index in [9.17, 15) is 13.2 Å². The molecule has 2 aromatic carbocycles. The maximum Gasteiger partial charge on any atom is 0.264 e. The maximum absolute atomic E-state index is 12.3. The van der Waals surface area contributed by atoms with Gasteiger partial charge in [-0.05, 0) is 54.4 Å². The quantitative estimate of drug-likeness (QED) is 0.613. The summed E-state index contributed by atoms with van der Waals surface area (Å²) in [4.78, 5) is 19.8. The fourth-order valence-corrected chi connectivity index (χ4v) is 3.46. The zero-order chi connectivity index (χ0) is 20.0. The Balaban J connectivity index is 1.57. The summed E-state index contributed by atoms with van der Waals surface area (Å²) < 4.78 is 27.0. The number of amides is 1. The van der Waals surface area contributed by atoms with Crippen LogP contribution in [0.4, 0.5) is 11.6 Å². The molecule has 1 heterocycles. The van der Waals surface area contributed by atoms with E-state index in [1.807, 2.05) is 12.1 Å². The van der Waals surface area contributed by atoms with E-state index in [4.69, 9.17) is 11.6 Å². The van der Waals surface area contributed by atoms with Crippen molar-refractivity contribution in [3.8, 4) is 0 Å². The predicted octanol–water partition coefficient (Wildman–Crippen LogP) is 3.50. The topological polar surface area (TPSA) is 101 Å². The molecule has 0 radical (unpaired) electrons. The van der Waals surface area contributed by atoms with Crippen molar-refractivity contribution in [1.82, 2.24) is 9.97 Å². The third-order valence-corrected chi connectivity index (χ3v) is 5.39. The second kappa shape index (κ2) is 8.81. The SMILES string of the molecule is O=C(CCc1ccc(Cl)cc1)Nc1ccc(S(=O)(=O)Nc2ncccn2)cc1. The molecule has 7 nitrogen and oxygen atoms in total. The Bertz CT molecular complexity index is 1040. The Morgan fingerprint density at radius 2 is 1.61 bits per heavy atom. The van der Waals surface area contributed by atoms with Crippen LogP contribution in [0.2, 0.25) is 5.02 Å². The van der Waals surface area contributed by atoms with Gasteiger partial charge >= 0.3 is 0 Å². The van der Waals surface area contributed by atoms with Gasteiger partial charge in [0, 0.05) is 29.5 Å². The molecule has 3 aromatic rings. The van der Waals surface area contributed by atoms with Crippen molar-refractivity contribution in [1.29, 1.82) is 0 Å². The number of benzene rings is 2. The number of hydrogen-bond acceptors (Lipinski definition) is 5. The summed E-state index contributed by atoms with van der Waals surface area (Å²) in [6, 6.07) is 14.8. The zero-order valence-corrected chi connectivity index (χ0v) is 16.2. The van der Waals surface area contributed by atoms with Crippen LogP contribution in [0.5, 0.6) is 0 Å². The number of rotatable bonds is 7. The van der Waals surface area contributed by atoms with E-state index < -0.39 is 10.0 Å². The lowest BCUT2D eigenvalue weighted by Crippen LogP contribution is -2.15. The molecule has 1 amide bonds. The lowest BCUT2D eigenvalue weighted by molar-refractivity contribution is -0.116. The number of carbonyl (C=O) groups excluding carboxylic acids is 1. The van der Waals surface area contributed by atoms with Gasteiger partial charge in [0.1, 0.15) is 0 Å². The Hall–Kier alpha value is -2.97. The van der Waals surface area contributed by atoms with E-state index in [1.165, 1.54) is 36.7 Å². The minimum Gasteiger partial charge on any atom is -0.326 e. The van der Waals surface area contributed by atoms with Crippen LogP contribution in [0, 0.1) is 0 Å². The van der Waals surface area contributed by atoms with Crippen LogP contribution in [0.15, 0.2) is 71.9 Å². The van der Waals surface area contributed by atoms with Crippen LogP contribution < -0.4 is 10.0 Å². The van der Waals surface area contributed by atoms with E-state index in [0.717, 1.165) is 5.56 Å². The van der Waals surface area contributed by atoms with Crippen molar-refractivity contribution < 1.29 is 13.2 Å². The number of carbonyl (C=O) groups is 1. The third-order valence-electron chi connectivity index (χ3n) is 3.79. The molecule has 0 aliphatic heterocycles. The van der Waals surface area contributed by atoms with E-state index in [0.29, 0.717) is 23.6 Å². The van der Waals surface area contributed by atoms with Crippen LogP contribution >= 0.6 is 11.6 Å². The highest BCUT2D eigenvalue weighted by Crippen LogP contribution is 2.17. The monoisotopic (exact) mass is 416 g/mol. The number of halogens is 1. The van der Waals surface area contributed by atoms with Gasteiger partial charge in [-0.2, -0.15) is 0 Å². The first-order valence-electron chi connectivity index (χ1n) is 8.36. The first kappa shape index (κ1) is 19.8. The summed E-state index contributed by atoms with van der Waals surface area (Å²) >= 11 is 5.84. The number of nitrogens with one attached hydrogen (secondary N) is 2. The number of sulfonamides is 1. The lowest BCUT2D eigenvalue weighted by atomic mass is 10.1. The average Bonchev–Trinajstić information content (AvgIpc) is 2.68. The molecular formula is C19H17ClN4O3S. The van der Waals surface area contributed by atoms with Crippen LogP contribution in [-0.2, 0) is 21.2 Å². The molecule has 0 saturated heterocycles. The maximum atomic E-state index is 12.3. The summed E-state index contributed by atoms with van der Waals surface area (Å²) in [6.45, 7) is 0. The average molecular weight is 417 g/mol. The van der Waals surface area contributed by atoms with Crippen molar-refractivity contribution in [3.05, 3.63) is 77.6 Å².